The van der Waals surface area contributed by atoms with E-state index in [1.54, 1.807) is 36.4 Å². The van der Waals surface area contributed by atoms with Gasteiger partial charge in [-0.1, -0.05) is 71.5 Å². The third-order valence-electron chi connectivity index (χ3n) is 4.90. The van der Waals surface area contributed by atoms with E-state index in [1.807, 2.05) is 49.4 Å². The molecule has 0 saturated heterocycles. The summed E-state index contributed by atoms with van der Waals surface area (Å²) in [5.41, 5.74) is 3.61. The fourth-order valence-corrected chi connectivity index (χ4v) is 4.88. The molecule has 0 radical (unpaired) electrons. The number of carbonyl (C=O) groups excluding carboxylic acids is 1. The van der Waals surface area contributed by atoms with Crippen LogP contribution in [0.25, 0.3) is 11.1 Å². The Morgan fingerprint density at radius 1 is 0.879 bits per heavy atom. The summed E-state index contributed by atoms with van der Waals surface area (Å²) in [4.78, 5) is 12.8. The number of aryl methyl sites for hydroxylation is 1. The van der Waals surface area contributed by atoms with Crippen LogP contribution in [0.3, 0.4) is 0 Å². The van der Waals surface area contributed by atoms with Gasteiger partial charge in [0, 0.05) is 18.5 Å². The average molecular weight is 479 g/mol. The van der Waals surface area contributed by atoms with Gasteiger partial charge in [-0.25, -0.2) is 13.1 Å². The largest absolute Gasteiger partial charge is 0.296 e. The van der Waals surface area contributed by atoms with Crippen molar-refractivity contribution in [1.29, 1.82) is 0 Å². The molecule has 7 nitrogen and oxygen atoms in total. The van der Waals surface area contributed by atoms with Crippen molar-refractivity contribution >= 4 is 32.4 Å². The highest BCUT2D eigenvalue weighted by atomic mass is 32.2. The summed E-state index contributed by atoms with van der Waals surface area (Å²) in [5.74, 6) is -0.280. The number of benzene rings is 3. The second kappa shape index (κ2) is 10.0. The lowest BCUT2D eigenvalue weighted by Crippen LogP contribution is -2.25. The highest BCUT2D eigenvalue weighted by molar-refractivity contribution is 7.89. The summed E-state index contributed by atoms with van der Waals surface area (Å²) in [7, 11) is -3.58. The number of nitrogens with one attached hydrogen (secondary N) is 2. The minimum absolute atomic E-state index is 0.180. The summed E-state index contributed by atoms with van der Waals surface area (Å²) in [6, 6.07) is 23.9. The van der Waals surface area contributed by atoms with Crippen LogP contribution in [0.15, 0.2) is 83.8 Å². The van der Waals surface area contributed by atoms with Crippen molar-refractivity contribution in [3.05, 3.63) is 95.0 Å². The molecule has 1 aromatic heterocycles. The van der Waals surface area contributed by atoms with Crippen molar-refractivity contribution in [2.45, 2.75) is 18.2 Å². The summed E-state index contributed by atoms with van der Waals surface area (Å²) < 4.78 is 27.3. The van der Waals surface area contributed by atoms with E-state index in [1.165, 1.54) is 11.3 Å². The van der Waals surface area contributed by atoms with Crippen LogP contribution in [-0.2, 0) is 16.4 Å². The first-order valence-corrected chi connectivity index (χ1v) is 12.6. The van der Waals surface area contributed by atoms with Crippen molar-refractivity contribution in [1.82, 2.24) is 14.9 Å². The van der Waals surface area contributed by atoms with E-state index in [-0.39, 0.29) is 17.3 Å². The molecule has 1 amide bonds. The molecule has 2 N–H and O–H groups in total. The first-order chi connectivity index (χ1) is 15.9. The van der Waals surface area contributed by atoms with Crippen molar-refractivity contribution in [2.24, 2.45) is 0 Å². The lowest BCUT2D eigenvalue weighted by molar-refractivity contribution is 0.102. The number of aromatic nitrogens is 2. The molecular weight excluding hydrogens is 456 g/mol. The van der Waals surface area contributed by atoms with Gasteiger partial charge in [-0.15, -0.1) is 10.2 Å². The molecule has 9 heteroatoms. The molecule has 0 unspecified atom stereocenters. The summed E-state index contributed by atoms with van der Waals surface area (Å²) in [5, 5.41) is 11.8. The number of hydrogen-bond donors (Lipinski definition) is 2. The zero-order chi connectivity index (χ0) is 23.3. The van der Waals surface area contributed by atoms with E-state index < -0.39 is 10.0 Å². The van der Waals surface area contributed by atoms with Crippen molar-refractivity contribution < 1.29 is 13.2 Å². The van der Waals surface area contributed by atoms with E-state index in [0.29, 0.717) is 22.1 Å². The first kappa shape index (κ1) is 22.8. The maximum absolute atomic E-state index is 12.5. The highest BCUT2D eigenvalue weighted by Crippen LogP contribution is 2.21. The Bertz CT molecular complexity index is 1330. The molecule has 4 aromatic rings. The third kappa shape index (κ3) is 5.89. The van der Waals surface area contributed by atoms with E-state index in [9.17, 15) is 13.2 Å². The highest BCUT2D eigenvalue weighted by Gasteiger charge is 2.14. The number of sulfonamides is 1. The Labute approximate surface area is 196 Å². The predicted molar refractivity (Wildman–Crippen MR) is 130 cm³/mol. The van der Waals surface area contributed by atoms with E-state index in [4.69, 9.17) is 0 Å². The molecule has 0 bridgehead atoms. The quantitative estimate of drug-likeness (QED) is 0.394. The molecule has 0 aliphatic heterocycles. The molecule has 0 aliphatic rings. The van der Waals surface area contributed by atoms with Crippen LogP contribution in [0, 0.1) is 6.92 Å². The van der Waals surface area contributed by atoms with Crippen LogP contribution < -0.4 is 10.0 Å². The van der Waals surface area contributed by atoms with Crippen LogP contribution >= 0.6 is 11.3 Å². The van der Waals surface area contributed by atoms with Gasteiger partial charge in [-0.3, -0.25) is 10.1 Å². The molecule has 0 aliphatic carbocycles. The van der Waals surface area contributed by atoms with Gasteiger partial charge in [0.1, 0.15) is 5.01 Å². The maximum Gasteiger partial charge on any atom is 0.257 e. The van der Waals surface area contributed by atoms with Crippen LogP contribution in [0.5, 0.6) is 0 Å². The van der Waals surface area contributed by atoms with Crippen LogP contribution in [0.2, 0.25) is 0 Å². The Kier molecular flexibility index (Phi) is 6.93. The van der Waals surface area contributed by atoms with Crippen LogP contribution in [0.4, 0.5) is 5.13 Å². The number of rotatable bonds is 8. The third-order valence-corrected chi connectivity index (χ3v) is 7.28. The van der Waals surface area contributed by atoms with E-state index in [0.717, 1.165) is 16.7 Å². The topological polar surface area (TPSA) is 101 Å². The molecule has 3 aromatic carbocycles. The van der Waals surface area contributed by atoms with Gasteiger partial charge in [0.15, 0.2) is 0 Å². The second-order valence-electron chi connectivity index (χ2n) is 7.36. The first-order valence-electron chi connectivity index (χ1n) is 10.3. The number of amides is 1. The predicted octanol–water partition coefficient (Wildman–Crippen LogP) is 4.29. The monoisotopic (exact) mass is 478 g/mol. The smallest absolute Gasteiger partial charge is 0.257 e. The Morgan fingerprint density at radius 2 is 1.55 bits per heavy atom. The normalized spacial score (nSPS) is 11.3. The molecule has 168 valence electrons. The Balaban J connectivity index is 1.31. The molecule has 1 heterocycles. The lowest BCUT2D eigenvalue weighted by Gasteiger charge is -2.06. The molecule has 4 rings (SSSR count). The number of hydrogen-bond acceptors (Lipinski definition) is 6. The summed E-state index contributed by atoms with van der Waals surface area (Å²) in [6.07, 6.45) is 0.365. The van der Waals surface area contributed by atoms with Gasteiger partial charge in [0.05, 0.1) is 4.90 Å². The van der Waals surface area contributed by atoms with Gasteiger partial charge >= 0.3 is 0 Å². The Hall–Kier alpha value is -3.40. The van der Waals surface area contributed by atoms with Gasteiger partial charge < -0.3 is 0 Å². The minimum Gasteiger partial charge on any atom is -0.296 e. The van der Waals surface area contributed by atoms with Crippen molar-refractivity contribution in [2.75, 3.05) is 11.9 Å². The number of carbonyl (C=O) groups is 1. The van der Waals surface area contributed by atoms with Gasteiger partial charge in [-0.05, 0) is 42.3 Å². The second-order valence-corrected chi connectivity index (χ2v) is 10.2. The van der Waals surface area contributed by atoms with Crippen molar-refractivity contribution in [3.63, 3.8) is 0 Å². The zero-order valence-electron chi connectivity index (χ0n) is 17.9. The molecule has 33 heavy (non-hydrogen) atoms. The zero-order valence-corrected chi connectivity index (χ0v) is 19.5. The molecular formula is C24H22N4O3S2. The van der Waals surface area contributed by atoms with Gasteiger partial charge in [-0.2, -0.15) is 0 Å². The van der Waals surface area contributed by atoms with Crippen molar-refractivity contribution in [3.8, 4) is 11.1 Å². The van der Waals surface area contributed by atoms with Crippen LogP contribution in [0.1, 0.15) is 20.9 Å². The fraction of sp³-hybridized carbons (Fsp3) is 0.125. The van der Waals surface area contributed by atoms with Gasteiger partial charge in [0.2, 0.25) is 15.2 Å². The fourth-order valence-electron chi connectivity index (χ4n) is 3.11. The number of anilines is 1. The summed E-state index contributed by atoms with van der Waals surface area (Å²) >= 11 is 1.22. The SMILES string of the molecule is Cc1ccc(S(=O)(=O)NCCc2nnc(NC(=O)c3ccc(-c4ccccc4)cc3)s2)cc1. The van der Waals surface area contributed by atoms with Crippen LogP contribution in [-0.4, -0.2) is 31.1 Å². The lowest BCUT2D eigenvalue weighted by atomic mass is 10.0. The molecule has 0 saturated carbocycles. The summed E-state index contributed by atoms with van der Waals surface area (Å²) in [6.45, 7) is 2.08. The Morgan fingerprint density at radius 3 is 2.24 bits per heavy atom. The standard InChI is InChI=1S/C24H22N4O3S2/c1-17-7-13-21(14-8-17)33(30,31)25-16-15-22-27-28-24(32-22)26-23(29)20-11-9-19(10-12-20)18-5-3-2-4-6-18/h2-14,25H,15-16H2,1H3,(H,26,28,29). The van der Waals surface area contributed by atoms with E-state index >= 15 is 0 Å². The minimum atomic E-state index is -3.58. The molecule has 0 spiro atoms. The average Bonchev–Trinajstić information content (AvgIpc) is 3.27. The van der Waals surface area contributed by atoms with Gasteiger partial charge in [0.25, 0.3) is 5.91 Å². The number of nitrogens with zero attached hydrogens (tertiary/aromatic N) is 2. The molecule has 0 fully saturated rings. The maximum atomic E-state index is 12.5. The molecule has 0 atom stereocenters. The van der Waals surface area contributed by atoms with E-state index in [2.05, 4.69) is 20.2 Å².